The molecule has 0 fully saturated rings. The number of unbranched alkanes of at least 4 members (excludes halogenated alkanes) is 1. The Labute approximate surface area is 128 Å². The summed E-state index contributed by atoms with van der Waals surface area (Å²) in [7, 11) is 0. The van der Waals surface area contributed by atoms with Crippen LogP contribution in [0, 0.1) is 6.92 Å². The molecular formula is C18H27N3. The van der Waals surface area contributed by atoms with Crippen LogP contribution in [0.1, 0.15) is 55.5 Å². The van der Waals surface area contributed by atoms with Crippen molar-refractivity contribution < 1.29 is 0 Å². The van der Waals surface area contributed by atoms with Gasteiger partial charge >= 0.3 is 0 Å². The van der Waals surface area contributed by atoms with Gasteiger partial charge in [-0.3, -0.25) is 5.10 Å². The van der Waals surface area contributed by atoms with Gasteiger partial charge in [0.1, 0.15) is 0 Å². The summed E-state index contributed by atoms with van der Waals surface area (Å²) in [5.41, 5.74) is 3.94. The van der Waals surface area contributed by atoms with E-state index in [9.17, 15) is 0 Å². The lowest BCUT2D eigenvalue weighted by Crippen LogP contribution is -2.23. The Bertz CT molecular complexity index is 504. The zero-order valence-electron chi connectivity index (χ0n) is 13.2. The fourth-order valence-corrected chi connectivity index (χ4v) is 2.66. The predicted molar refractivity (Wildman–Crippen MR) is 88.4 cm³/mol. The molecule has 0 aliphatic heterocycles. The summed E-state index contributed by atoms with van der Waals surface area (Å²) < 4.78 is 0. The maximum absolute atomic E-state index is 4.08. The maximum atomic E-state index is 4.08. The van der Waals surface area contributed by atoms with Gasteiger partial charge in [-0.25, -0.2) is 0 Å². The number of rotatable bonds is 9. The molecule has 0 saturated heterocycles. The molecule has 0 aliphatic carbocycles. The minimum absolute atomic E-state index is 0.483. The van der Waals surface area contributed by atoms with Crippen molar-refractivity contribution in [1.82, 2.24) is 15.5 Å². The standard InChI is InChI=1S/C18H27N3/c1-3-4-12-18(16-9-6-5-7-10-16)19-13-8-11-17-14-20-21-15(17)2/h5-7,9-10,14,18-19H,3-4,8,11-13H2,1-2H3,(H,20,21). The van der Waals surface area contributed by atoms with Crippen molar-refractivity contribution in [2.24, 2.45) is 0 Å². The summed E-state index contributed by atoms with van der Waals surface area (Å²) in [6.07, 6.45) is 7.92. The number of hydrogen-bond donors (Lipinski definition) is 2. The summed E-state index contributed by atoms with van der Waals surface area (Å²) in [6.45, 7) is 5.39. The lowest BCUT2D eigenvalue weighted by molar-refractivity contribution is 0.476. The molecule has 1 aromatic heterocycles. The van der Waals surface area contributed by atoms with Gasteiger partial charge in [0, 0.05) is 11.7 Å². The molecule has 0 saturated carbocycles. The van der Waals surface area contributed by atoms with Crippen LogP contribution in [0.4, 0.5) is 0 Å². The van der Waals surface area contributed by atoms with E-state index in [1.807, 2.05) is 6.20 Å². The van der Waals surface area contributed by atoms with Crippen LogP contribution in [-0.4, -0.2) is 16.7 Å². The van der Waals surface area contributed by atoms with Crippen molar-refractivity contribution >= 4 is 0 Å². The summed E-state index contributed by atoms with van der Waals surface area (Å²) in [6, 6.07) is 11.3. The molecule has 0 amide bonds. The highest BCUT2D eigenvalue weighted by Gasteiger charge is 2.09. The van der Waals surface area contributed by atoms with Crippen LogP contribution in [0.3, 0.4) is 0 Å². The molecule has 2 rings (SSSR count). The molecule has 21 heavy (non-hydrogen) atoms. The first-order chi connectivity index (χ1) is 10.3. The van der Waals surface area contributed by atoms with Gasteiger partial charge < -0.3 is 5.32 Å². The molecule has 1 heterocycles. The summed E-state index contributed by atoms with van der Waals surface area (Å²) >= 11 is 0. The van der Waals surface area contributed by atoms with Crippen LogP contribution in [0.25, 0.3) is 0 Å². The van der Waals surface area contributed by atoms with E-state index in [4.69, 9.17) is 0 Å². The Balaban J connectivity index is 1.80. The molecule has 3 nitrogen and oxygen atoms in total. The van der Waals surface area contributed by atoms with Crippen molar-refractivity contribution in [3.8, 4) is 0 Å². The van der Waals surface area contributed by atoms with E-state index in [1.165, 1.54) is 36.1 Å². The number of H-pyrrole nitrogens is 1. The summed E-state index contributed by atoms with van der Waals surface area (Å²) in [4.78, 5) is 0. The first-order valence-corrected chi connectivity index (χ1v) is 8.08. The number of aromatic amines is 1. The number of benzene rings is 1. The van der Waals surface area contributed by atoms with Crippen LogP contribution in [0.2, 0.25) is 0 Å². The Morgan fingerprint density at radius 1 is 1.19 bits per heavy atom. The Morgan fingerprint density at radius 2 is 2.00 bits per heavy atom. The average Bonchev–Trinajstić information content (AvgIpc) is 2.93. The van der Waals surface area contributed by atoms with Gasteiger partial charge in [-0.15, -0.1) is 0 Å². The van der Waals surface area contributed by atoms with Crippen molar-refractivity contribution in [2.45, 2.75) is 52.0 Å². The highest BCUT2D eigenvalue weighted by atomic mass is 15.1. The average molecular weight is 285 g/mol. The van der Waals surface area contributed by atoms with E-state index in [0.29, 0.717) is 6.04 Å². The van der Waals surface area contributed by atoms with Crippen LogP contribution < -0.4 is 5.32 Å². The molecule has 0 aliphatic rings. The second kappa shape index (κ2) is 8.63. The van der Waals surface area contributed by atoms with E-state index < -0.39 is 0 Å². The summed E-state index contributed by atoms with van der Waals surface area (Å²) in [5.74, 6) is 0. The predicted octanol–water partition coefficient (Wildman–Crippen LogP) is 4.17. The van der Waals surface area contributed by atoms with E-state index >= 15 is 0 Å². The first-order valence-electron chi connectivity index (χ1n) is 8.08. The number of nitrogens with zero attached hydrogens (tertiary/aromatic N) is 1. The molecular weight excluding hydrogens is 258 g/mol. The van der Waals surface area contributed by atoms with E-state index in [2.05, 4.69) is 59.7 Å². The first kappa shape index (κ1) is 15.8. The van der Waals surface area contributed by atoms with Gasteiger partial charge in [0.15, 0.2) is 0 Å². The second-order valence-corrected chi connectivity index (χ2v) is 5.68. The van der Waals surface area contributed by atoms with Gasteiger partial charge in [0.05, 0.1) is 6.20 Å². The molecule has 1 unspecified atom stereocenters. The minimum Gasteiger partial charge on any atom is -0.310 e. The van der Waals surface area contributed by atoms with Crippen molar-refractivity contribution in [1.29, 1.82) is 0 Å². The van der Waals surface area contributed by atoms with Crippen LogP contribution in [0.15, 0.2) is 36.5 Å². The zero-order valence-corrected chi connectivity index (χ0v) is 13.2. The molecule has 3 heteroatoms. The molecule has 1 atom stereocenters. The third-order valence-electron chi connectivity index (χ3n) is 4.00. The minimum atomic E-state index is 0.483. The lowest BCUT2D eigenvalue weighted by Gasteiger charge is -2.19. The third-order valence-corrected chi connectivity index (χ3v) is 4.00. The molecule has 0 radical (unpaired) electrons. The molecule has 0 spiro atoms. The van der Waals surface area contributed by atoms with E-state index in [-0.39, 0.29) is 0 Å². The van der Waals surface area contributed by atoms with Gasteiger partial charge in [-0.05, 0) is 43.9 Å². The molecule has 2 aromatic rings. The molecule has 0 bridgehead atoms. The Kier molecular flexibility index (Phi) is 6.48. The lowest BCUT2D eigenvalue weighted by atomic mass is 10.0. The fourth-order valence-electron chi connectivity index (χ4n) is 2.66. The molecule has 1 aromatic carbocycles. The van der Waals surface area contributed by atoms with E-state index in [0.717, 1.165) is 19.4 Å². The van der Waals surface area contributed by atoms with Crippen molar-refractivity contribution in [2.75, 3.05) is 6.54 Å². The monoisotopic (exact) mass is 285 g/mol. The number of nitrogens with one attached hydrogen (secondary N) is 2. The topological polar surface area (TPSA) is 40.7 Å². The van der Waals surface area contributed by atoms with Crippen molar-refractivity contribution in [3.05, 3.63) is 53.3 Å². The number of aromatic nitrogens is 2. The zero-order chi connectivity index (χ0) is 14.9. The van der Waals surface area contributed by atoms with Crippen LogP contribution in [0.5, 0.6) is 0 Å². The van der Waals surface area contributed by atoms with Gasteiger partial charge in [-0.1, -0.05) is 50.1 Å². The van der Waals surface area contributed by atoms with Crippen LogP contribution in [-0.2, 0) is 6.42 Å². The normalized spacial score (nSPS) is 12.5. The third kappa shape index (κ3) is 5.01. The summed E-state index contributed by atoms with van der Waals surface area (Å²) in [5, 5.41) is 10.8. The Hall–Kier alpha value is -1.61. The number of aryl methyl sites for hydroxylation is 2. The van der Waals surface area contributed by atoms with Crippen LogP contribution >= 0.6 is 0 Å². The van der Waals surface area contributed by atoms with Gasteiger partial charge in [-0.2, -0.15) is 5.10 Å². The smallest absolute Gasteiger partial charge is 0.0522 e. The highest BCUT2D eigenvalue weighted by molar-refractivity contribution is 5.19. The maximum Gasteiger partial charge on any atom is 0.0522 e. The van der Waals surface area contributed by atoms with Gasteiger partial charge in [0.2, 0.25) is 0 Å². The quantitative estimate of drug-likeness (QED) is 0.679. The largest absolute Gasteiger partial charge is 0.310 e. The second-order valence-electron chi connectivity index (χ2n) is 5.68. The van der Waals surface area contributed by atoms with Crippen molar-refractivity contribution in [3.63, 3.8) is 0 Å². The molecule has 2 N–H and O–H groups in total. The SMILES string of the molecule is CCCCC(NCCCc1cn[nH]c1C)c1ccccc1. The highest BCUT2D eigenvalue weighted by Crippen LogP contribution is 2.19. The van der Waals surface area contributed by atoms with Gasteiger partial charge in [0.25, 0.3) is 0 Å². The fraction of sp³-hybridized carbons (Fsp3) is 0.500. The number of hydrogen-bond acceptors (Lipinski definition) is 2. The Morgan fingerprint density at radius 3 is 2.67 bits per heavy atom. The van der Waals surface area contributed by atoms with E-state index in [1.54, 1.807) is 0 Å². The molecule has 114 valence electrons.